The van der Waals surface area contributed by atoms with Crippen LogP contribution in [0.15, 0.2) is 59.8 Å². The number of halogens is 1. The molecule has 2 aromatic heterocycles. The van der Waals surface area contributed by atoms with Gasteiger partial charge < -0.3 is 5.32 Å². The molecule has 0 bridgehead atoms. The van der Waals surface area contributed by atoms with Gasteiger partial charge in [-0.3, -0.25) is 4.79 Å². The summed E-state index contributed by atoms with van der Waals surface area (Å²) in [7, 11) is 0. The molecule has 8 heteroatoms. The maximum absolute atomic E-state index is 12.2. The quantitative estimate of drug-likeness (QED) is 0.389. The summed E-state index contributed by atoms with van der Waals surface area (Å²) in [6.07, 6.45) is 1.52. The van der Waals surface area contributed by atoms with E-state index in [0.29, 0.717) is 28.9 Å². The van der Waals surface area contributed by atoms with Crippen LogP contribution in [-0.4, -0.2) is 37.8 Å². The summed E-state index contributed by atoms with van der Waals surface area (Å²) in [6, 6.07) is 17.9. The van der Waals surface area contributed by atoms with Gasteiger partial charge >= 0.3 is 0 Å². The van der Waals surface area contributed by atoms with Crippen LogP contribution in [0.1, 0.15) is 28.1 Å². The van der Waals surface area contributed by atoms with Gasteiger partial charge in [-0.25, -0.2) is 9.50 Å². The van der Waals surface area contributed by atoms with Crippen LogP contribution < -0.4 is 5.32 Å². The molecule has 0 spiro atoms. The highest BCUT2D eigenvalue weighted by Gasteiger charge is 2.15. The molecule has 4 rings (SSSR count). The van der Waals surface area contributed by atoms with Gasteiger partial charge in [-0.15, -0.1) is 5.10 Å². The maximum Gasteiger partial charge on any atom is 0.253 e. The summed E-state index contributed by atoms with van der Waals surface area (Å²) in [4.78, 5) is 21.3. The zero-order chi connectivity index (χ0) is 22.5. The minimum Gasteiger partial charge on any atom is -0.355 e. The fraction of sp³-hybridized carbons (Fsp3) is 0.250. The number of carbonyl (C=O) groups is 1. The van der Waals surface area contributed by atoms with Crippen LogP contribution in [0.4, 0.5) is 0 Å². The third-order valence-electron chi connectivity index (χ3n) is 5.21. The summed E-state index contributed by atoms with van der Waals surface area (Å²) in [5.74, 6) is 0.771. The van der Waals surface area contributed by atoms with Gasteiger partial charge in [0.15, 0.2) is 0 Å². The number of hydrogen-bond donors (Lipinski definition) is 1. The van der Waals surface area contributed by atoms with Crippen molar-refractivity contribution >= 4 is 35.0 Å². The molecule has 0 radical (unpaired) electrons. The molecule has 0 unspecified atom stereocenters. The van der Waals surface area contributed by atoms with Crippen molar-refractivity contribution in [3.63, 3.8) is 0 Å². The second-order valence-corrected chi connectivity index (χ2v) is 8.93. The minimum absolute atomic E-state index is 0.0349. The average molecular weight is 466 g/mol. The van der Waals surface area contributed by atoms with E-state index in [1.165, 1.54) is 17.3 Å². The standard InChI is InChI=1S/C24H24ClN5OS/c1-16-21(14-19-9-6-10-20(25)13-19)17(2)30-23(27-16)28-24(29-30)32-15-22(31)26-12-11-18-7-4-3-5-8-18/h3-10,13H,11-12,14-15H2,1-2H3,(H,26,31). The Morgan fingerprint density at radius 2 is 1.84 bits per heavy atom. The summed E-state index contributed by atoms with van der Waals surface area (Å²) >= 11 is 7.45. The number of nitrogens with one attached hydrogen (secondary N) is 1. The van der Waals surface area contributed by atoms with Gasteiger partial charge in [0, 0.05) is 29.4 Å². The number of carbonyl (C=O) groups excluding carboxylic acids is 1. The molecule has 0 aliphatic rings. The molecule has 2 aromatic carbocycles. The van der Waals surface area contributed by atoms with Crippen LogP contribution in [0.2, 0.25) is 5.02 Å². The Labute approximate surface area is 196 Å². The first-order valence-electron chi connectivity index (χ1n) is 10.4. The molecule has 0 saturated heterocycles. The second kappa shape index (κ2) is 10.1. The van der Waals surface area contributed by atoms with Crippen molar-refractivity contribution in [1.29, 1.82) is 0 Å². The van der Waals surface area contributed by atoms with E-state index < -0.39 is 0 Å². The number of fused-ring (bicyclic) bond motifs is 1. The van der Waals surface area contributed by atoms with Crippen molar-refractivity contribution in [3.05, 3.63) is 87.7 Å². The van der Waals surface area contributed by atoms with Crippen molar-refractivity contribution in [2.24, 2.45) is 0 Å². The number of amides is 1. The van der Waals surface area contributed by atoms with Crippen molar-refractivity contribution in [3.8, 4) is 0 Å². The van der Waals surface area contributed by atoms with Crippen LogP contribution in [-0.2, 0) is 17.6 Å². The normalized spacial score (nSPS) is 11.1. The topological polar surface area (TPSA) is 72.2 Å². The third-order valence-corrected chi connectivity index (χ3v) is 6.28. The molecule has 0 saturated carbocycles. The second-order valence-electron chi connectivity index (χ2n) is 7.55. The van der Waals surface area contributed by atoms with Crippen molar-refractivity contribution < 1.29 is 4.79 Å². The lowest BCUT2D eigenvalue weighted by atomic mass is 10.0. The third kappa shape index (κ3) is 5.47. The van der Waals surface area contributed by atoms with E-state index in [-0.39, 0.29) is 11.7 Å². The Bertz CT molecular complexity index is 1240. The number of nitrogens with zero attached hydrogens (tertiary/aromatic N) is 4. The molecule has 0 atom stereocenters. The first-order chi connectivity index (χ1) is 15.5. The highest BCUT2D eigenvalue weighted by atomic mass is 35.5. The summed E-state index contributed by atoms with van der Waals surface area (Å²) in [6.45, 7) is 4.60. The van der Waals surface area contributed by atoms with E-state index in [1.807, 2.05) is 56.3 Å². The molecule has 0 aliphatic heterocycles. The summed E-state index contributed by atoms with van der Waals surface area (Å²) in [5, 5.41) is 8.78. The number of hydrogen-bond acceptors (Lipinski definition) is 5. The fourth-order valence-electron chi connectivity index (χ4n) is 3.53. The smallest absolute Gasteiger partial charge is 0.253 e. The van der Waals surface area contributed by atoms with E-state index in [2.05, 4.69) is 32.5 Å². The predicted molar refractivity (Wildman–Crippen MR) is 128 cm³/mol. The van der Waals surface area contributed by atoms with E-state index >= 15 is 0 Å². The molecule has 2 heterocycles. The number of rotatable bonds is 8. The molecule has 1 amide bonds. The van der Waals surface area contributed by atoms with Crippen LogP contribution in [0.3, 0.4) is 0 Å². The first-order valence-corrected chi connectivity index (χ1v) is 11.8. The Hall–Kier alpha value is -2.90. The molecule has 0 fully saturated rings. The molecular weight excluding hydrogens is 442 g/mol. The Morgan fingerprint density at radius 1 is 1.06 bits per heavy atom. The van der Waals surface area contributed by atoms with Gasteiger partial charge in [0.25, 0.3) is 5.78 Å². The Morgan fingerprint density at radius 3 is 2.62 bits per heavy atom. The lowest BCUT2D eigenvalue weighted by molar-refractivity contribution is -0.118. The van der Waals surface area contributed by atoms with Gasteiger partial charge in [0.1, 0.15) is 0 Å². The first kappa shape index (κ1) is 22.3. The van der Waals surface area contributed by atoms with E-state index in [1.54, 1.807) is 4.52 Å². The van der Waals surface area contributed by atoms with Crippen molar-refractivity contribution in [2.45, 2.75) is 31.8 Å². The zero-order valence-corrected chi connectivity index (χ0v) is 19.6. The van der Waals surface area contributed by atoms with Gasteiger partial charge in [-0.2, -0.15) is 4.98 Å². The summed E-state index contributed by atoms with van der Waals surface area (Å²) < 4.78 is 1.75. The molecule has 32 heavy (non-hydrogen) atoms. The SMILES string of the molecule is Cc1nc2nc(SCC(=O)NCCc3ccccc3)nn2c(C)c1Cc1cccc(Cl)c1. The van der Waals surface area contributed by atoms with Crippen molar-refractivity contribution in [1.82, 2.24) is 24.9 Å². The predicted octanol–water partition coefficient (Wildman–Crippen LogP) is 4.44. The van der Waals surface area contributed by atoms with Crippen LogP contribution in [0.25, 0.3) is 5.78 Å². The highest BCUT2D eigenvalue weighted by Crippen LogP contribution is 2.21. The Balaban J connectivity index is 1.39. The molecule has 0 aliphatic carbocycles. The lowest BCUT2D eigenvalue weighted by Crippen LogP contribution is -2.27. The monoisotopic (exact) mass is 465 g/mol. The van der Waals surface area contributed by atoms with Gasteiger partial charge in [-0.1, -0.05) is 65.8 Å². The van der Waals surface area contributed by atoms with E-state index in [0.717, 1.165) is 28.9 Å². The van der Waals surface area contributed by atoms with E-state index in [4.69, 9.17) is 11.6 Å². The molecule has 6 nitrogen and oxygen atoms in total. The number of aromatic nitrogens is 4. The lowest BCUT2D eigenvalue weighted by Gasteiger charge is -2.10. The molecule has 4 aromatic rings. The van der Waals surface area contributed by atoms with Gasteiger partial charge in [0.05, 0.1) is 5.75 Å². The maximum atomic E-state index is 12.2. The number of thioether (sulfide) groups is 1. The van der Waals surface area contributed by atoms with Crippen molar-refractivity contribution in [2.75, 3.05) is 12.3 Å². The van der Waals surface area contributed by atoms with Gasteiger partial charge in [0.2, 0.25) is 11.1 Å². The summed E-state index contributed by atoms with van der Waals surface area (Å²) in [5.41, 5.74) is 5.32. The minimum atomic E-state index is -0.0349. The van der Waals surface area contributed by atoms with Gasteiger partial charge in [-0.05, 0) is 49.1 Å². The van der Waals surface area contributed by atoms with Crippen LogP contribution >= 0.6 is 23.4 Å². The molecule has 1 N–H and O–H groups in total. The Kier molecular flexibility index (Phi) is 7.07. The average Bonchev–Trinajstić information content (AvgIpc) is 3.19. The van der Waals surface area contributed by atoms with E-state index in [9.17, 15) is 4.79 Å². The number of benzene rings is 2. The largest absolute Gasteiger partial charge is 0.355 e. The van der Waals surface area contributed by atoms with Crippen LogP contribution in [0.5, 0.6) is 0 Å². The molecular formula is C24H24ClN5OS. The highest BCUT2D eigenvalue weighted by molar-refractivity contribution is 7.99. The van der Waals surface area contributed by atoms with Crippen LogP contribution in [0, 0.1) is 13.8 Å². The molecule has 164 valence electrons. The zero-order valence-electron chi connectivity index (χ0n) is 18.0. The fourth-order valence-corrected chi connectivity index (χ4v) is 4.39. The number of aryl methyl sites for hydroxylation is 2.